The number of benzene rings is 1. The number of likely N-dealkylation sites (tertiary alicyclic amines) is 1. The van der Waals surface area contributed by atoms with Gasteiger partial charge in [0.25, 0.3) is 0 Å². The van der Waals surface area contributed by atoms with E-state index in [2.05, 4.69) is 26.0 Å². The molecule has 0 saturated carbocycles. The number of ether oxygens (including phenoxy) is 1. The maximum absolute atomic E-state index is 12.2. The van der Waals surface area contributed by atoms with Crippen molar-refractivity contribution in [3.63, 3.8) is 0 Å². The fourth-order valence-corrected chi connectivity index (χ4v) is 2.50. The Morgan fingerprint density at radius 1 is 1.47 bits per heavy atom. The lowest BCUT2D eigenvalue weighted by Crippen LogP contribution is -2.31. The normalized spacial score (nSPS) is 19.2. The van der Waals surface area contributed by atoms with E-state index in [1.54, 1.807) is 7.11 Å². The van der Waals surface area contributed by atoms with Gasteiger partial charge in [0.15, 0.2) is 0 Å². The highest BCUT2D eigenvalue weighted by Gasteiger charge is 2.25. The number of carbonyl (C=O) groups is 1. The van der Waals surface area contributed by atoms with E-state index < -0.39 is 0 Å². The molecule has 1 atom stereocenters. The molecule has 1 aromatic rings. The van der Waals surface area contributed by atoms with Gasteiger partial charge in [-0.3, -0.25) is 4.79 Å². The van der Waals surface area contributed by atoms with Crippen LogP contribution in [0.1, 0.15) is 37.3 Å². The summed E-state index contributed by atoms with van der Waals surface area (Å²) in [6.07, 6.45) is 1.66. The molecule has 0 aliphatic carbocycles. The van der Waals surface area contributed by atoms with Crippen LogP contribution >= 0.6 is 0 Å². The Kier molecular flexibility index (Phi) is 4.59. The van der Waals surface area contributed by atoms with Crippen molar-refractivity contribution in [2.24, 2.45) is 0 Å². The molecule has 1 fully saturated rings. The summed E-state index contributed by atoms with van der Waals surface area (Å²) in [5, 5.41) is 0. The molecular weight excluding hydrogens is 238 g/mol. The minimum absolute atomic E-state index is 0.209. The van der Waals surface area contributed by atoms with Gasteiger partial charge in [0.2, 0.25) is 5.91 Å². The van der Waals surface area contributed by atoms with E-state index in [0.717, 1.165) is 25.1 Å². The smallest absolute Gasteiger partial charge is 0.227 e. The highest BCUT2D eigenvalue weighted by Crippen LogP contribution is 2.18. The van der Waals surface area contributed by atoms with Crippen LogP contribution in [-0.4, -0.2) is 37.1 Å². The van der Waals surface area contributed by atoms with Gasteiger partial charge in [-0.05, 0) is 23.5 Å². The summed E-state index contributed by atoms with van der Waals surface area (Å²) in [5.41, 5.74) is 2.40. The van der Waals surface area contributed by atoms with Gasteiger partial charge in [-0.1, -0.05) is 38.1 Å². The van der Waals surface area contributed by atoms with E-state index >= 15 is 0 Å². The monoisotopic (exact) mass is 261 g/mol. The van der Waals surface area contributed by atoms with Gasteiger partial charge in [-0.15, -0.1) is 0 Å². The van der Waals surface area contributed by atoms with Gasteiger partial charge in [-0.2, -0.15) is 0 Å². The molecule has 3 heteroatoms. The molecule has 1 amide bonds. The van der Waals surface area contributed by atoms with Crippen molar-refractivity contribution in [3.8, 4) is 0 Å². The van der Waals surface area contributed by atoms with Crippen LogP contribution in [0.4, 0.5) is 0 Å². The van der Waals surface area contributed by atoms with Gasteiger partial charge in [-0.25, -0.2) is 0 Å². The van der Waals surface area contributed by atoms with Crippen LogP contribution in [0.2, 0.25) is 0 Å². The first-order chi connectivity index (χ1) is 9.10. The van der Waals surface area contributed by atoms with Crippen molar-refractivity contribution in [2.45, 2.75) is 38.7 Å². The summed E-state index contributed by atoms with van der Waals surface area (Å²) in [5.74, 6) is 0.708. The Labute approximate surface area is 115 Å². The first-order valence-electron chi connectivity index (χ1n) is 6.99. The highest BCUT2D eigenvalue weighted by atomic mass is 16.5. The molecule has 1 heterocycles. The van der Waals surface area contributed by atoms with E-state index in [9.17, 15) is 4.79 Å². The number of hydrogen-bond donors (Lipinski definition) is 0. The third-order valence-corrected chi connectivity index (χ3v) is 3.80. The van der Waals surface area contributed by atoms with Gasteiger partial charge < -0.3 is 9.64 Å². The maximum Gasteiger partial charge on any atom is 0.227 e. The lowest BCUT2D eigenvalue weighted by Gasteiger charge is -2.16. The molecule has 1 aromatic carbocycles. The average Bonchev–Trinajstić information content (AvgIpc) is 2.88. The molecule has 19 heavy (non-hydrogen) atoms. The van der Waals surface area contributed by atoms with E-state index in [4.69, 9.17) is 4.74 Å². The summed E-state index contributed by atoms with van der Waals surface area (Å²) in [4.78, 5) is 14.1. The minimum atomic E-state index is 0.209. The summed E-state index contributed by atoms with van der Waals surface area (Å²) >= 11 is 0. The largest absolute Gasteiger partial charge is 0.380 e. The van der Waals surface area contributed by atoms with Crippen molar-refractivity contribution in [1.82, 2.24) is 4.90 Å². The Hall–Kier alpha value is -1.35. The fraction of sp³-hybridized carbons (Fsp3) is 0.562. The Balaban J connectivity index is 1.97. The molecule has 1 aliphatic heterocycles. The van der Waals surface area contributed by atoms with E-state index in [1.165, 1.54) is 5.56 Å². The van der Waals surface area contributed by atoms with Crippen LogP contribution < -0.4 is 0 Å². The predicted molar refractivity (Wildman–Crippen MR) is 76.2 cm³/mol. The zero-order valence-electron chi connectivity index (χ0n) is 12.1. The molecule has 0 spiro atoms. The number of rotatable bonds is 4. The summed E-state index contributed by atoms with van der Waals surface area (Å²) in [6, 6.07) is 8.34. The maximum atomic E-state index is 12.2. The molecule has 3 nitrogen and oxygen atoms in total. The standard InChI is InChI=1S/C16H23NO2/c1-12(2)14-6-4-5-13(9-14)10-16(18)17-8-7-15(11-17)19-3/h4-6,9,12,15H,7-8,10-11H2,1-3H3. The molecule has 104 valence electrons. The molecular formula is C16H23NO2. The van der Waals surface area contributed by atoms with Crippen LogP contribution in [0, 0.1) is 0 Å². The first kappa shape index (κ1) is 14.1. The fourth-order valence-electron chi connectivity index (χ4n) is 2.50. The molecule has 2 rings (SSSR count). The van der Waals surface area contributed by atoms with Gasteiger partial charge >= 0.3 is 0 Å². The Bertz CT molecular complexity index is 442. The van der Waals surface area contributed by atoms with E-state index in [-0.39, 0.29) is 12.0 Å². The van der Waals surface area contributed by atoms with Gasteiger partial charge in [0.05, 0.1) is 12.5 Å². The van der Waals surface area contributed by atoms with Crippen molar-refractivity contribution in [1.29, 1.82) is 0 Å². The van der Waals surface area contributed by atoms with Crippen molar-refractivity contribution >= 4 is 5.91 Å². The topological polar surface area (TPSA) is 29.5 Å². The van der Waals surface area contributed by atoms with Crippen molar-refractivity contribution in [3.05, 3.63) is 35.4 Å². The first-order valence-corrected chi connectivity index (χ1v) is 6.99. The number of carbonyl (C=O) groups excluding carboxylic acids is 1. The van der Waals surface area contributed by atoms with Crippen LogP contribution in [0.5, 0.6) is 0 Å². The SMILES string of the molecule is COC1CCN(C(=O)Cc2cccc(C(C)C)c2)C1. The zero-order valence-corrected chi connectivity index (χ0v) is 12.1. The molecule has 0 N–H and O–H groups in total. The van der Waals surface area contributed by atoms with Gasteiger partial charge in [0, 0.05) is 20.2 Å². The highest BCUT2D eigenvalue weighted by molar-refractivity contribution is 5.79. The van der Waals surface area contributed by atoms with Crippen LogP contribution in [0.3, 0.4) is 0 Å². The Morgan fingerprint density at radius 3 is 2.89 bits per heavy atom. The van der Waals surface area contributed by atoms with E-state index in [0.29, 0.717) is 12.3 Å². The third kappa shape index (κ3) is 3.57. The second-order valence-electron chi connectivity index (χ2n) is 5.56. The molecule has 0 radical (unpaired) electrons. The number of amides is 1. The second-order valence-corrected chi connectivity index (χ2v) is 5.56. The number of nitrogens with zero attached hydrogens (tertiary/aromatic N) is 1. The molecule has 0 bridgehead atoms. The average molecular weight is 261 g/mol. The number of methoxy groups -OCH3 is 1. The lowest BCUT2D eigenvalue weighted by atomic mass is 9.99. The molecule has 0 aromatic heterocycles. The summed E-state index contributed by atoms with van der Waals surface area (Å²) in [6.45, 7) is 5.90. The summed E-state index contributed by atoms with van der Waals surface area (Å²) < 4.78 is 5.30. The predicted octanol–water partition coefficient (Wildman–Crippen LogP) is 2.60. The van der Waals surface area contributed by atoms with Crippen LogP contribution in [0.15, 0.2) is 24.3 Å². The number of hydrogen-bond acceptors (Lipinski definition) is 2. The van der Waals surface area contributed by atoms with Crippen molar-refractivity contribution in [2.75, 3.05) is 20.2 Å². The van der Waals surface area contributed by atoms with Crippen LogP contribution in [0.25, 0.3) is 0 Å². The second kappa shape index (κ2) is 6.20. The molecule has 1 saturated heterocycles. The summed E-state index contributed by atoms with van der Waals surface area (Å²) in [7, 11) is 1.71. The Morgan fingerprint density at radius 2 is 2.26 bits per heavy atom. The quantitative estimate of drug-likeness (QED) is 0.834. The molecule has 1 aliphatic rings. The van der Waals surface area contributed by atoms with Crippen LogP contribution in [-0.2, 0) is 16.0 Å². The third-order valence-electron chi connectivity index (χ3n) is 3.80. The lowest BCUT2D eigenvalue weighted by molar-refractivity contribution is -0.129. The van der Waals surface area contributed by atoms with Crippen molar-refractivity contribution < 1.29 is 9.53 Å². The molecule has 1 unspecified atom stereocenters. The minimum Gasteiger partial charge on any atom is -0.380 e. The zero-order chi connectivity index (χ0) is 13.8. The van der Waals surface area contributed by atoms with Gasteiger partial charge in [0.1, 0.15) is 0 Å². The van der Waals surface area contributed by atoms with E-state index in [1.807, 2.05) is 17.0 Å².